The quantitative estimate of drug-likeness (QED) is 0.0343. The van der Waals surface area contributed by atoms with Gasteiger partial charge in [-0.15, -0.1) is 90.1 Å². The third kappa shape index (κ3) is 20.8. The van der Waals surface area contributed by atoms with Gasteiger partial charge in [0.05, 0.1) is 101 Å². The van der Waals surface area contributed by atoms with E-state index in [9.17, 15) is 0 Å². The summed E-state index contributed by atoms with van der Waals surface area (Å²) in [6.45, 7) is 17.5. The van der Waals surface area contributed by atoms with Crippen molar-refractivity contribution in [2.45, 2.75) is 196 Å². The molecule has 0 atom stereocenters. The van der Waals surface area contributed by atoms with Gasteiger partial charge in [-0.3, -0.25) is 0 Å². The number of hydrogen-bond acceptors (Lipinski definition) is 14. The molecule has 0 aliphatic carbocycles. The molecule has 9 aromatic heterocycles. The van der Waals surface area contributed by atoms with E-state index in [1.165, 1.54) is 64.2 Å². The van der Waals surface area contributed by atoms with E-state index < -0.39 is 0 Å². The summed E-state index contributed by atoms with van der Waals surface area (Å²) in [7, 11) is 0. The molecular formula is C92H104CoN4O6S6. The molecule has 0 saturated heterocycles. The summed E-state index contributed by atoms with van der Waals surface area (Å²) in [5.74, 6) is 5.32. The third-order valence-electron chi connectivity index (χ3n) is 19.6. The zero-order chi connectivity index (χ0) is 74.2. The molecule has 573 valence electrons. The average molecular weight is 1610 g/mol. The van der Waals surface area contributed by atoms with Crippen LogP contribution in [0.25, 0.3) is 129 Å². The molecule has 2 aliphatic heterocycles. The van der Waals surface area contributed by atoms with Gasteiger partial charge in [-0.1, -0.05) is 242 Å². The number of benzene rings is 2. The number of aromatic nitrogens is 4. The Morgan fingerprint density at radius 2 is 0.560 bits per heavy atom. The summed E-state index contributed by atoms with van der Waals surface area (Å²) in [4.78, 5) is 33.8. The predicted octanol–water partition coefficient (Wildman–Crippen LogP) is 29.4. The average Bonchev–Trinajstić information content (AvgIpc) is 1.59. The predicted molar refractivity (Wildman–Crippen MR) is 465 cm³/mol. The van der Waals surface area contributed by atoms with Crippen LogP contribution in [-0.4, -0.2) is 49.6 Å². The van der Waals surface area contributed by atoms with Crippen LogP contribution in [0.3, 0.4) is 0 Å². The first kappa shape index (κ1) is 81.0. The van der Waals surface area contributed by atoms with E-state index in [1.54, 1.807) is 68.0 Å². The maximum absolute atomic E-state index is 7.04. The summed E-state index contributed by atoms with van der Waals surface area (Å²) < 4.78 is 40.5. The van der Waals surface area contributed by atoms with Crippen molar-refractivity contribution in [2.75, 3.05) is 39.6 Å². The van der Waals surface area contributed by atoms with Crippen LogP contribution >= 0.6 is 68.0 Å². The van der Waals surface area contributed by atoms with E-state index in [0.717, 1.165) is 251 Å². The monoisotopic (exact) mass is 1610 g/mol. The van der Waals surface area contributed by atoms with Gasteiger partial charge in [0.1, 0.15) is 34.5 Å². The molecule has 0 N–H and O–H groups in total. The van der Waals surface area contributed by atoms with Crippen LogP contribution in [0, 0.1) is 0 Å². The van der Waals surface area contributed by atoms with Crippen LogP contribution in [0.4, 0.5) is 0 Å². The SMILES string of the molecule is CCCCCCOc1csc(-c2sc(-c3sc(-c4c5nc(c(-c6ccccc6)c6ccc([n-]6)c(-c6cc(OCCCCCC)c(-c7cc(OCCCCCC)c(-c8cc(OCCCCCC)cs8)s7)s6)c6nc(c(-c7ccccc7)c7ccc4[n-]7)C=C6)C=C5)cc3OCCCCCC)cc2OCCCCCC)c1.[Co+2]. The molecule has 2 aromatic carbocycles. The molecule has 8 bridgehead atoms. The van der Waals surface area contributed by atoms with E-state index in [0.29, 0.717) is 39.6 Å². The number of unbranched alkanes of at least 4 members (excludes halogenated alkanes) is 18. The molecule has 11 heterocycles. The van der Waals surface area contributed by atoms with Gasteiger partial charge < -0.3 is 38.4 Å². The topological polar surface area (TPSA) is 109 Å². The first-order chi connectivity index (χ1) is 53.3. The van der Waals surface area contributed by atoms with Gasteiger partial charge in [0.2, 0.25) is 0 Å². The molecule has 0 amide bonds. The zero-order valence-corrected chi connectivity index (χ0v) is 70.2. The number of nitrogens with zero attached hydrogens (tertiary/aromatic N) is 4. The number of ether oxygens (including phenoxy) is 6. The number of hydrogen-bond donors (Lipinski definition) is 0. The number of fused-ring (bicyclic) bond motifs is 8. The van der Waals surface area contributed by atoms with Crippen molar-refractivity contribution in [1.29, 1.82) is 0 Å². The van der Waals surface area contributed by atoms with Gasteiger partial charge in [-0.05, 0) is 109 Å². The van der Waals surface area contributed by atoms with E-state index in [-0.39, 0.29) is 16.8 Å². The molecule has 13 rings (SSSR count). The second kappa shape index (κ2) is 41.7. The van der Waals surface area contributed by atoms with Gasteiger partial charge >= 0.3 is 16.8 Å². The van der Waals surface area contributed by atoms with Crippen LogP contribution in [0.1, 0.15) is 218 Å². The van der Waals surface area contributed by atoms with E-state index in [4.69, 9.17) is 48.4 Å². The van der Waals surface area contributed by atoms with E-state index in [1.807, 2.05) is 0 Å². The smallest absolute Gasteiger partial charge is 0.657 e. The van der Waals surface area contributed by atoms with Gasteiger partial charge in [-0.25, -0.2) is 9.97 Å². The fourth-order valence-electron chi connectivity index (χ4n) is 13.8. The molecule has 0 spiro atoms. The fourth-order valence-corrected chi connectivity index (χ4v) is 20.4. The van der Waals surface area contributed by atoms with Crippen LogP contribution in [0.15, 0.2) is 132 Å². The second-order valence-electron chi connectivity index (χ2n) is 28.1. The minimum absolute atomic E-state index is 0. The molecule has 1 radical (unpaired) electrons. The van der Waals surface area contributed by atoms with Crippen molar-refractivity contribution < 1.29 is 45.2 Å². The van der Waals surface area contributed by atoms with Crippen molar-refractivity contribution in [3.8, 4) is 117 Å². The van der Waals surface area contributed by atoms with Crippen molar-refractivity contribution in [3.63, 3.8) is 0 Å². The Labute approximate surface area is 680 Å². The Kier molecular flexibility index (Phi) is 31.0. The zero-order valence-electron chi connectivity index (χ0n) is 64.2. The second-order valence-corrected chi connectivity index (χ2v) is 34.1. The Morgan fingerprint density at radius 1 is 0.284 bits per heavy atom. The summed E-state index contributed by atoms with van der Waals surface area (Å²) in [6, 6.07) is 43.3. The summed E-state index contributed by atoms with van der Waals surface area (Å²) in [6.07, 6.45) is 35.7. The Balaban J connectivity index is 0.0000111. The van der Waals surface area contributed by atoms with Crippen LogP contribution in [0.2, 0.25) is 0 Å². The largest absolute Gasteiger partial charge is 2.00 e. The molecule has 17 heteroatoms. The summed E-state index contributed by atoms with van der Waals surface area (Å²) in [5, 5.41) is 4.30. The molecular weight excluding hydrogens is 1510 g/mol. The maximum atomic E-state index is 7.04. The van der Waals surface area contributed by atoms with Gasteiger partial charge in [0.15, 0.2) is 0 Å². The van der Waals surface area contributed by atoms with Crippen molar-refractivity contribution in [3.05, 3.63) is 155 Å². The Morgan fingerprint density at radius 3 is 0.881 bits per heavy atom. The minimum Gasteiger partial charge on any atom is -0.657 e. The van der Waals surface area contributed by atoms with Gasteiger partial charge in [0, 0.05) is 43.8 Å². The van der Waals surface area contributed by atoms with Crippen LogP contribution in [0.5, 0.6) is 34.5 Å². The normalized spacial score (nSPS) is 11.8. The van der Waals surface area contributed by atoms with Gasteiger partial charge in [0.25, 0.3) is 0 Å². The molecule has 0 saturated carbocycles. The molecule has 2 aliphatic rings. The minimum atomic E-state index is 0. The summed E-state index contributed by atoms with van der Waals surface area (Å²) >= 11 is 10.5. The number of rotatable bonds is 44. The first-order valence-corrected chi connectivity index (χ1v) is 45.0. The fraction of sp³-hybridized carbons (Fsp3) is 0.391. The maximum Gasteiger partial charge on any atom is 2.00 e. The Bertz CT molecular complexity index is 4600. The molecule has 0 fully saturated rings. The summed E-state index contributed by atoms with van der Waals surface area (Å²) in [5.41, 5.74) is 12.1. The molecule has 0 unspecified atom stereocenters. The molecule has 11 aromatic rings. The van der Waals surface area contributed by atoms with E-state index >= 15 is 0 Å². The third-order valence-corrected chi connectivity index (χ3v) is 26.7. The van der Waals surface area contributed by atoms with Crippen LogP contribution in [-0.2, 0) is 16.8 Å². The Hall–Kier alpha value is -7.45. The van der Waals surface area contributed by atoms with E-state index in [2.05, 4.69) is 198 Å². The van der Waals surface area contributed by atoms with Crippen molar-refractivity contribution >= 4 is 114 Å². The van der Waals surface area contributed by atoms with Gasteiger partial charge in [-0.2, -0.15) is 0 Å². The molecule has 109 heavy (non-hydrogen) atoms. The number of thiophene rings is 6. The van der Waals surface area contributed by atoms with Crippen LogP contribution < -0.4 is 38.4 Å². The molecule has 10 nitrogen and oxygen atoms in total. The first-order valence-electron chi connectivity index (χ1n) is 40.0. The van der Waals surface area contributed by atoms with Crippen molar-refractivity contribution in [1.82, 2.24) is 19.9 Å². The van der Waals surface area contributed by atoms with Crippen molar-refractivity contribution in [2.24, 2.45) is 0 Å². The standard InChI is InChI=1S/C92H104N4O6S6.Co/c1-7-13-19-31-49-97-65-55-81(103-61-65)89-77(101-53-35-23-17-11-5)59-83(107-89)91-75(99-51-33-21-15-9-3)57-79(105-91)87-71-45-41-67(93-71)85(63-37-27-25-28-38-63)69-43-47-73(95-69)88(74-48-44-70(96-74)86(64-39-29-26-30-40-64)68-42-46-72(87)94-68)80-58-76(100-52-34-22-16-10-4)92(106-80)84-60-78(102-54-36-24-18-12-6)90(108-84)82-56-66(62-104-82)98-50-32-20-14-8-2;/h25-30,37-48,55-62H,7-24,31-36,49-54H2,1-6H3;/q-2;+2.